The van der Waals surface area contributed by atoms with Crippen molar-refractivity contribution in [3.8, 4) is 0 Å². The highest BCUT2D eigenvalue weighted by atomic mass is 16.8. The van der Waals surface area contributed by atoms with Gasteiger partial charge in [0.15, 0.2) is 0 Å². The monoisotopic (exact) mass is 246 g/mol. The summed E-state index contributed by atoms with van der Waals surface area (Å²) in [6.45, 7) is 5.73. The summed E-state index contributed by atoms with van der Waals surface area (Å²) in [5.74, 6) is -0.539. The second-order valence-electron chi connectivity index (χ2n) is 5.19. The third kappa shape index (κ3) is 3.98. The number of carbonyl (C=O) groups excluding carboxylic acids is 1. The summed E-state index contributed by atoms with van der Waals surface area (Å²) in [6, 6.07) is 0. The van der Waals surface area contributed by atoms with Gasteiger partial charge in [0.2, 0.25) is 6.61 Å². The summed E-state index contributed by atoms with van der Waals surface area (Å²) in [5.41, 5.74) is -0.584. The molecule has 0 spiro atoms. The highest BCUT2D eigenvalue weighted by Gasteiger charge is 2.43. The topological polar surface area (TPSA) is 72.8 Å². The Morgan fingerprint density at radius 2 is 1.76 bits per heavy atom. The molecule has 0 unspecified atom stereocenters. The minimum Gasteiger partial charge on any atom is -0.458 e. The quantitative estimate of drug-likeness (QED) is 0.604. The zero-order valence-corrected chi connectivity index (χ0v) is 10.6. The van der Waals surface area contributed by atoms with Crippen molar-refractivity contribution in [3.05, 3.63) is 0 Å². The maximum Gasteiger partial charge on any atom is 0.547 e. The zero-order chi connectivity index (χ0) is 13.1. The van der Waals surface area contributed by atoms with Gasteiger partial charge in [0, 0.05) is 12.8 Å². The number of likely N-dealkylation sites (tertiary alicyclic amines) is 1. The van der Waals surface area contributed by atoms with Gasteiger partial charge in [0.25, 0.3) is 0 Å². The number of esters is 1. The van der Waals surface area contributed by atoms with Gasteiger partial charge >= 0.3 is 12.1 Å². The van der Waals surface area contributed by atoms with Crippen LogP contribution in [0, 0.1) is 0 Å². The Bertz CT molecular complexity index is 301. The summed E-state index contributed by atoms with van der Waals surface area (Å²) in [5, 5.41) is 9.10. The van der Waals surface area contributed by atoms with Crippen LogP contribution in [0.5, 0.6) is 0 Å². The number of nitrogens with zero attached hydrogens (tertiary/aromatic N) is 1. The highest BCUT2D eigenvalue weighted by molar-refractivity contribution is 5.71. The van der Waals surface area contributed by atoms with E-state index in [-0.39, 0.29) is 6.61 Å². The molecule has 0 aromatic heterocycles. The molecular weight excluding hydrogens is 226 g/mol. The largest absolute Gasteiger partial charge is 0.547 e. The van der Waals surface area contributed by atoms with E-state index < -0.39 is 22.3 Å². The van der Waals surface area contributed by atoms with Crippen molar-refractivity contribution in [1.29, 1.82) is 0 Å². The molecule has 1 N–H and O–H groups in total. The fraction of sp³-hybridized carbons (Fsp3) is 0.818. The number of carboxylic acid groups (broad SMARTS) is 1. The van der Waals surface area contributed by atoms with Crippen LogP contribution in [0.1, 0.15) is 33.6 Å². The van der Waals surface area contributed by atoms with Crippen LogP contribution in [-0.4, -0.2) is 47.1 Å². The predicted octanol–water partition coefficient (Wildman–Crippen LogP) is 1.55. The van der Waals surface area contributed by atoms with Gasteiger partial charge < -0.3 is 9.84 Å². The Labute approximate surface area is 101 Å². The molecule has 1 rings (SSSR count). The molecule has 0 aromatic carbocycles. The van der Waals surface area contributed by atoms with Crippen molar-refractivity contribution in [2.24, 2.45) is 0 Å². The lowest BCUT2D eigenvalue weighted by Gasteiger charge is -2.25. The van der Waals surface area contributed by atoms with Gasteiger partial charge in [0.05, 0.1) is 0 Å². The molecule has 0 radical (unpaired) electrons. The molecule has 0 aliphatic carbocycles. The molecule has 17 heavy (non-hydrogen) atoms. The molecule has 6 nitrogen and oxygen atoms in total. The van der Waals surface area contributed by atoms with Gasteiger partial charge in [0.1, 0.15) is 18.7 Å². The summed E-state index contributed by atoms with van der Waals surface area (Å²) in [6.07, 6.45) is 0.535. The molecule has 98 valence electrons. The molecule has 1 heterocycles. The average molecular weight is 246 g/mol. The molecule has 1 fully saturated rings. The van der Waals surface area contributed by atoms with Crippen LogP contribution in [0.25, 0.3) is 0 Å². The Morgan fingerprint density at radius 3 is 2.18 bits per heavy atom. The van der Waals surface area contributed by atoms with Gasteiger partial charge in [-0.2, -0.15) is 9.63 Å². The van der Waals surface area contributed by atoms with Crippen LogP contribution in [0.3, 0.4) is 0 Å². The van der Waals surface area contributed by atoms with E-state index in [0.29, 0.717) is 13.1 Å². The van der Waals surface area contributed by atoms with Crippen LogP contribution in [0.15, 0.2) is 0 Å². The number of hydrogen-bond acceptors (Lipinski definition) is 4. The normalized spacial score (nSPS) is 19.0. The first-order valence-corrected chi connectivity index (χ1v) is 5.72. The number of hydroxylamine groups is 3. The molecule has 1 amide bonds. The maximum atomic E-state index is 11.4. The third-order valence-electron chi connectivity index (χ3n) is 2.49. The molecule has 1 aliphatic rings. The van der Waals surface area contributed by atoms with Crippen LogP contribution >= 0.6 is 0 Å². The van der Waals surface area contributed by atoms with E-state index in [1.165, 1.54) is 0 Å². The lowest BCUT2D eigenvalue weighted by Crippen LogP contribution is -2.50. The molecule has 0 saturated carbocycles. The first kappa shape index (κ1) is 13.9. The summed E-state index contributed by atoms with van der Waals surface area (Å²) < 4.78 is 4.57. The van der Waals surface area contributed by atoms with E-state index in [4.69, 9.17) is 14.7 Å². The number of quaternary nitrogens is 1. The smallest absolute Gasteiger partial charge is 0.458 e. The first-order chi connectivity index (χ1) is 7.75. The number of amides is 1. The summed E-state index contributed by atoms with van der Waals surface area (Å²) >= 11 is 0. The molecule has 0 atom stereocenters. The van der Waals surface area contributed by atoms with E-state index >= 15 is 0 Å². The number of rotatable bonds is 3. The van der Waals surface area contributed by atoms with E-state index in [1.807, 2.05) is 0 Å². The molecular formula is C11H20NO5+. The minimum atomic E-state index is -1.05. The number of carbonyl (C=O) groups is 2. The van der Waals surface area contributed by atoms with Crippen molar-refractivity contribution in [1.82, 2.24) is 0 Å². The van der Waals surface area contributed by atoms with Crippen LogP contribution in [0.4, 0.5) is 4.79 Å². The second kappa shape index (κ2) is 5.01. The lowest BCUT2D eigenvalue weighted by atomic mass is 10.2. The second-order valence-corrected chi connectivity index (χ2v) is 5.19. The standard InChI is InChI=1S/C11H19NO5/c1-11(2,3)17-9(13)8-16-12(10(14)15)6-4-5-7-12/h4-8H2,1-3H3/p+1. The van der Waals surface area contributed by atoms with Gasteiger partial charge in [-0.15, -0.1) is 0 Å². The summed E-state index contributed by atoms with van der Waals surface area (Å²) in [7, 11) is 0. The van der Waals surface area contributed by atoms with Gasteiger partial charge in [-0.3, -0.25) is 0 Å². The predicted molar refractivity (Wildman–Crippen MR) is 59.1 cm³/mol. The molecule has 6 heteroatoms. The fourth-order valence-corrected chi connectivity index (χ4v) is 1.77. The van der Waals surface area contributed by atoms with Gasteiger partial charge in [-0.25, -0.2) is 4.79 Å². The number of hydrogen-bond donors (Lipinski definition) is 1. The van der Waals surface area contributed by atoms with E-state index in [9.17, 15) is 9.59 Å². The Hall–Kier alpha value is -1.14. The van der Waals surface area contributed by atoms with Crippen molar-refractivity contribution in [3.63, 3.8) is 0 Å². The molecule has 1 saturated heterocycles. The van der Waals surface area contributed by atoms with Crippen LogP contribution in [-0.2, 0) is 14.4 Å². The van der Waals surface area contributed by atoms with Gasteiger partial charge in [-0.1, -0.05) is 4.65 Å². The van der Waals surface area contributed by atoms with Crippen LogP contribution < -0.4 is 0 Å². The van der Waals surface area contributed by atoms with Crippen molar-refractivity contribution in [2.45, 2.75) is 39.2 Å². The molecule has 1 aliphatic heterocycles. The first-order valence-electron chi connectivity index (χ1n) is 5.72. The molecule has 0 aromatic rings. The van der Waals surface area contributed by atoms with Crippen molar-refractivity contribution < 1.29 is 28.9 Å². The van der Waals surface area contributed by atoms with Gasteiger partial charge in [-0.05, 0) is 20.8 Å². The number of ether oxygens (including phenoxy) is 1. The fourth-order valence-electron chi connectivity index (χ4n) is 1.77. The van der Waals surface area contributed by atoms with E-state index in [0.717, 1.165) is 12.8 Å². The maximum absolute atomic E-state index is 11.4. The lowest BCUT2D eigenvalue weighted by molar-refractivity contribution is -1.04. The minimum absolute atomic E-state index is 0.330. The Morgan fingerprint density at radius 1 is 1.24 bits per heavy atom. The average Bonchev–Trinajstić information content (AvgIpc) is 2.61. The summed E-state index contributed by atoms with van der Waals surface area (Å²) in [4.78, 5) is 27.8. The van der Waals surface area contributed by atoms with Crippen LogP contribution in [0.2, 0.25) is 0 Å². The SMILES string of the molecule is CC(C)(C)OC(=O)CO[N+]1(C(=O)O)CCCC1. The van der Waals surface area contributed by atoms with Crippen molar-refractivity contribution in [2.75, 3.05) is 19.7 Å². The zero-order valence-electron chi connectivity index (χ0n) is 10.6. The van der Waals surface area contributed by atoms with E-state index in [1.54, 1.807) is 20.8 Å². The molecule has 0 bridgehead atoms. The van der Waals surface area contributed by atoms with E-state index in [2.05, 4.69) is 0 Å². The Kier molecular flexibility index (Phi) is 4.11. The highest BCUT2D eigenvalue weighted by Crippen LogP contribution is 2.21. The Balaban J connectivity index is 2.48. The third-order valence-corrected chi connectivity index (χ3v) is 2.49. The van der Waals surface area contributed by atoms with Crippen molar-refractivity contribution >= 4 is 12.1 Å².